The van der Waals surface area contributed by atoms with E-state index in [4.69, 9.17) is 16.3 Å². The quantitative estimate of drug-likeness (QED) is 0.909. The molecule has 0 aliphatic carbocycles. The average molecular weight is 360 g/mol. The van der Waals surface area contributed by atoms with E-state index in [1.54, 1.807) is 41.3 Å². The number of carbonyl (C=O) groups is 2. The van der Waals surface area contributed by atoms with Gasteiger partial charge in [-0.25, -0.2) is 0 Å². The van der Waals surface area contributed by atoms with Crippen LogP contribution in [0.15, 0.2) is 48.5 Å². The first-order valence-corrected chi connectivity index (χ1v) is 8.29. The minimum absolute atomic E-state index is 0.166. The van der Waals surface area contributed by atoms with E-state index in [1.165, 1.54) is 7.11 Å². The number of methoxy groups -OCH3 is 1. The number of nitrogens with zero attached hydrogens (tertiary/aromatic N) is 1. The molecule has 0 bridgehead atoms. The Labute approximate surface area is 150 Å². The molecule has 0 saturated carbocycles. The molecule has 1 saturated heterocycles. The monoisotopic (exact) mass is 359 g/mol. The average Bonchev–Trinajstić information content (AvgIpc) is 3.07. The number of amides is 1. The summed E-state index contributed by atoms with van der Waals surface area (Å²) < 4.78 is 5.25. The Bertz CT molecular complexity index is 790. The predicted molar refractivity (Wildman–Crippen MR) is 94.2 cm³/mol. The number of ether oxygens (including phenoxy) is 1. The third-order valence-electron chi connectivity index (χ3n) is 4.56. The summed E-state index contributed by atoms with van der Waals surface area (Å²) in [6.07, 6.45) is 0. The van der Waals surface area contributed by atoms with E-state index in [0.29, 0.717) is 22.9 Å². The van der Waals surface area contributed by atoms with Gasteiger partial charge in [0.05, 0.1) is 18.6 Å². The molecule has 1 heterocycles. The number of carboxylic acids is 1. The first-order chi connectivity index (χ1) is 12.0. The van der Waals surface area contributed by atoms with Gasteiger partial charge in [0.15, 0.2) is 0 Å². The van der Waals surface area contributed by atoms with E-state index < -0.39 is 11.9 Å². The number of hydrogen-bond acceptors (Lipinski definition) is 3. The van der Waals surface area contributed by atoms with Crippen LogP contribution in [0.5, 0.6) is 5.75 Å². The van der Waals surface area contributed by atoms with Crippen molar-refractivity contribution in [3.8, 4) is 5.75 Å². The second kappa shape index (κ2) is 7.15. The van der Waals surface area contributed by atoms with Crippen molar-refractivity contribution in [2.75, 3.05) is 20.2 Å². The minimum atomic E-state index is -0.907. The van der Waals surface area contributed by atoms with Crippen molar-refractivity contribution in [3.63, 3.8) is 0 Å². The summed E-state index contributed by atoms with van der Waals surface area (Å²) in [4.78, 5) is 26.1. The molecule has 1 N–H and O–H groups in total. The first kappa shape index (κ1) is 17.3. The summed E-state index contributed by atoms with van der Waals surface area (Å²) in [6.45, 7) is 0.509. The third-order valence-corrected chi connectivity index (χ3v) is 4.81. The highest BCUT2D eigenvalue weighted by atomic mass is 35.5. The fraction of sp³-hybridized carbons (Fsp3) is 0.263. The number of aliphatic carboxylic acids is 1. The van der Waals surface area contributed by atoms with E-state index in [0.717, 1.165) is 5.56 Å². The van der Waals surface area contributed by atoms with Crippen molar-refractivity contribution in [2.24, 2.45) is 5.92 Å². The molecule has 1 fully saturated rings. The van der Waals surface area contributed by atoms with E-state index in [-0.39, 0.29) is 18.4 Å². The topological polar surface area (TPSA) is 66.8 Å². The number of carbonyl (C=O) groups excluding carboxylic acids is 1. The molecule has 5 nitrogen and oxygen atoms in total. The second-order valence-electron chi connectivity index (χ2n) is 6.01. The molecular weight excluding hydrogens is 342 g/mol. The molecule has 25 heavy (non-hydrogen) atoms. The van der Waals surface area contributed by atoms with Crippen molar-refractivity contribution < 1.29 is 19.4 Å². The van der Waals surface area contributed by atoms with E-state index in [9.17, 15) is 14.7 Å². The Hall–Kier alpha value is -2.53. The SMILES string of the molecule is COc1ccccc1C(=O)N1C[C@@H](C(=O)O)[C@H](c2ccc(Cl)cc2)C1. The summed E-state index contributed by atoms with van der Waals surface area (Å²) in [5, 5.41) is 10.2. The number of rotatable bonds is 4. The molecule has 130 valence electrons. The van der Waals surface area contributed by atoms with Crippen molar-refractivity contribution in [3.05, 3.63) is 64.7 Å². The van der Waals surface area contributed by atoms with Crippen LogP contribution in [0, 0.1) is 5.92 Å². The molecule has 6 heteroatoms. The van der Waals surface area contributed by atoms with Crippen LogP contribution in [-0.4, -0.2) is 42.1 Å². The highest BCUT2D eigenvalue weighted by Gasteiger charge is 2.41. The lowest BCUT2D eigenvalue weighted by Gasteiger charge is -2.18. The van der Waals surface area contributed by atoms with Crippen molar-refractivity contribution >= 4 is 23.5 Å². The van der Waals surface area contributed by atoms with Gasteiger partial charge < -0.3 is 14.7 Å². The lowest BCUT2D eigenvalue weighted by Crippen LogP contribution is -2.30. The van der Waals surface area contributed by atoms with Crippen LogP contribution in [-0.2, 0) is 4.79 Å². The molecule has 0 radical (unpaired) electrons. The number of halogens is 1. The lowest BCUT2D eigenvalue weighted by atomic mass is 9.89. The van der Waals surface area contributed by atoms with Crippen LogP contribution < -0.4 is 4.74 Å². The van der Waals surface area contributed by atoms with E-state index in [1.807, 2.05) is 12.1 Å². The maximum absolute atomic E-state index is 12.9. The second-order valence-corrected chi connectivity index (χ2v) is 6.45. The molecule has 0 aromatic heterocycles. The molecule has 2 atom stereocenters. The zero-order valence-electron chi connectivity index (χ0n) is 13.7. The van der Waals surface area contributed by atoms with Crippen LogP contribution >= 0.6 is 11.6 Å². The number of hydrogen-bond donors (Lipinski definition) is 1. The third kappa shape index (κ3) is 3.46. The normalized spacial score (nSPS) is 19.7. The van der Waals surface area contributed by atoms with Crippen LogP contribution in [0.25, 0.3) is 0 Å². The Balaban J connectivity index is 1.88. The van der Waals surface area contributed by atoms with E-state index in [2.05, 4.69) is 0 Å². The van der Waals surface area contributed by atoms with Gasteiger partial charge in [-0.05, 0) is 29.8 Å². The van der Waals surface area contributed by atoms with Gasteiger partial charge >= 0.3 is 5.97 Å². The molecule has 0 unspecified atom stereocenters. The zero-order valence-corrected chi connectivity index (χ0v) is 14.4. The van der Waals surface area contributed by atoms with Gasteiger partial charge in [-0.3, -0.25) is 9.59 Å². The highest BCUT2D eigenvalue weighted by Crippen LogP contribution is 2.35. The van der Waals surface area contributed by atoms with Gasteiger partial charge in [-0.15, -0.1) is 0 Å². The number of likely N-dealkylation sites (tertiary alicyclic amines) is 1. The summed E-state index contributed by atoms with van der Waals surface area (Å²) in [5.74, 6) is -1.57. The van der Waals surface area contributed by atoms with Gasteiger partial charge in [0.2, 0.25) is 0 Å². The van der Waals surface area contributed by atoms with Crippen LogP contribution in [0.2, 0.25) is 5.02 Å². The Morgan fingerprint density at radius 1 is 1.12 bits per heavy atom. The van der Waals surface area contributed by atoms with Crippen LogP contribution in [0.4, 0.5) is 0 Å². The van der Waals surface area contributed by atoms with Crippen molar-refractivity contribution in [2.45, 2.75) is 5.92 Å². The molecule has 1 amide bonds. The van der Waals surface area contributed by atoms with Gasteiger partial charge in [-0.2, -0.15) is 0 Å². The smallest absolute Gasteiger partial charge is 0.308 e. The molecule has 1 aliphatic rings. The number of para-hydroxylation sites is 1. The zero-order chi connectivity index (χ0) is 18.0. The van der Waals surface area contributed by atoms with Gasteiger partial charge in [0.1, 0.15) is 5.75 Å². The molecule has 0 spiro atoms. The van der Waals surface area contributed by atoms with Gasteiger partial charge in [0, 0.05) is 24.0 Å². The molecule has 3 rings (SSSR count). The number of benzene rings is 2. The summed E-state index contributed by atoms with van der Waals surface area (Å²) in [6, 6.07) is 14.1. The summed E-state index contributed by atoms with van der Waals surface area (Å²) >= 11 is 5.92. The molecular formula is C19H18ClNO4. The lowest BCUT2D eigenvalue weighted by molar-refractivity contribution is -0.141. The van der Waals surface area contributed by atoms with Gasteiger partial charge in [0.25, 0.3) is 5.91 Å². The maximum Gasteiger partial charge on any atom is 0.308 e. The largest absolute Gasteiger partial charge is 0.496 e. The maximum atomic E-state index is 12.9. The Morgan fingerprint density at radius 2 is 1.80 bits per heavy atom. The minimum Gasteiger partial charge on any atom is -0.496 e. The van der Waals surface area contributed by atoms with Gasteiger partial charge in [-0.1, -0.05) is 35.9 Å². The highest BCUT2D eigenvalue weighted by molar-refractivity contribution is 6.30. The number of carboxylic acid groups (broad SMARTS) is 1. The molecule has 1 aliphatic heterocycles. The summed E-state index contributed by atoms with van der Waals surface area (Å²) in [5.41, 5.74) is 1.30. The Morgan fingerprint density at radius 3 is 2.44 bits per heavy atom. The van der Waals surface area contributed by atoms with E-state index >= 15 is 0 Å². The summed E-state index contributed by atoms with van der Waals surface area (Å²) in [7, 11) is 1.51. The van der Waals surface area contributed by atoms with Crippen molar-refractivity contribution in [1.29, 1.82) is 0 Å². The van der Waals surface area contributed by atoms with Crippen molar-refractivity contribution in [1.82, 2.24) is 4.90 Å². The van der Waals surface area contributed by atoms with Crippen LogP contribution in [0.1, 0.15) is 21.8 Å². The molecule has 2 aromatic carbocycles. The molecule has 2 aromatic rings. The fourth-order valence-corrected chi connectivity index (χ4v) is 3.39. The standard InChI is InChI=1S/C19H18ClNO4/c1-25-17-5-3-2-4-14(17)18(22)21-10-15(16(11-21)19(23)24)12-6-8-13(20)9-7-12/h2-9,15-16H,10-11H2,1H3,(H,23,24)/t15-,16+/m0/s1. The Kier molecular flexibility index (Phi) is 4.95. The predicted octanol–water partition coefficient (Wildman–Crippen LogP) is 3.29. The van der Waals surface area contributed by atoms with Crippen LogP contribution in [0.3, 0.4) is 0 Å². The fourth-order valence-electron chi connectivity index (χ4n) is 3.26. The first-order valence-electron chi connectivity index (χ1n) is 7.92.